The molecule has 0 saturated carbocycles. The van der Waals surface area contributed by atoms with Gasteiger partial charge in [0.25, 0.3) is 11.7 Å². The highest BCUT2D eigenvalue weighted by atomic mass is 127. The van der Waals surface area contributed by atoms with Crippen molar-refractivity contribution in [2.45, 2.75) is 0 Å². The number of carbonyl (C=O) groups is 2. The summed E-state index contributed by atoms with van der Waals surface area (Å²) in [5.41, 5.74) is 1.19. The Kier molecular flexibility index (Phi) is 4.88. The molecule has 2 aromatic rings. The van der Waals surface area contributed by atoms with Crippen LogP contribution < -0.4 is 10.6 Å². The number of halogens is 3. The van der Waals surface area contributed by atoms with Gasteiger partial charge in [0.15, 0.2) is 5.84 Å². The van der Waals surface area contributed by atoms with Gasteiger partial charge in [0.05, 0.1) is 15.0 Å². The molecule has 2 aromatic carbocycles. The van der Waals surface area contributed by atoms with Gasteiger partial charge in [-0.3, -0.25) is 9.59 Å². The molecule has 0 saturated heterocycles. The lowest BCUT2D eigenvalue weighted by atomic mass is 10.2. The predicted molar refractivity (Wildman–Crippen MR) is 97.7 cm³/mol. The number of nitrogens with zero attached hydrogens (tertiary/aromatic N) is 1. The molecule has 25 heavy (non-hydrogen) atoms. The minimum Gasteiger partial charge on any atom is -0.352 e. The summed E-state index contributed by atoms with van der Waals surface area (Å²) in [7, 11) is 0. The van der Waals surface area contributed by atoms with Crippen molar-refractivity contribution in [3.8, 4) is 0 Å². The van der Waals surface area contributed by atoms with Crippen LogP contribution in [0.5, 0.6) is 0 Å². The van der Waals surface area contributed by atoms with Crippen LogP contribution in [0.2, 0.25) is 0 Å². The molecule has 126 valence electrons. The van der Waals surface area contributed by atoms with E-state index >= 15 is 0 Å². The standard InChI is InChI=1S/C17H10F2IN3O2/c18-9-1-5-11(6-2-9)21-14-13(20)15(24)17(25)23-16(14)22-12-7-3-10(19)4-8-12/h1-8,21H,(H,22,23,25). The molecule has 1 aliphatic heterocycles. The summed E-state index contributed by atoms with van der Waals surface area (Å²) in [6.07, 6.45) is 0. The van der Waals surface area contributed by atoms with Gasteiger partial charge >= 0.3 is 0 Å². The highest BCUT2D eigenvalue weighted by molar-refractivity contribution is 14.1. The van der Waals surface area contributed by atoms with E-state index in [2.05, 4.69) is 15.6 Å². The SMILES string of the molecule is O=C1NC(=Nc2ccc(F)cc2)C(Nc2ccc(F)cc2)=C(I)C1=O. The molecule has 0 aliphatic carbocycles. The molecule has 0 unspecified atom stereocenters. The Balaban J connectivity index is 2.02. The van der Waals surface area contributed by atoms with Gasteiger partial charge in [-0.1, -0.05) is 0 Å². The van der Waals surface area contributed by atoms with E-state index in [1.165, 1.54) is 48.5 Å². The van der Waals surface area contributed by atoms with Crippen LogP contribution in [0.1, 0.15) is 0 Å². The summed E-state index contributed by atoms with van der Waals surface area (Å²) >= 11 is 1.75. The van der Waals surface area contributed by atoms with Crippen LogP contribution in [0, 0.1) is 11.6 Å². The molecule has 0 aromatic heterocycles. The molecule has 1 heterocycles. The predicted octanol–water partition coefficient (Wildman–Crippen LogP) is 3.45. The first kappa shape index (κ1) is 17.2. The number of hydrogen-bond donors (Lipinski definition) is 2. The number of anilines is 1. The largest absolute Gasteiger partial charge is 0.352 e. The van der Waals surface area contributed by atoms with E-state index in [-0.39, 0.29) is 15.1 Å². The molecule has 0 fully saturated rings. The van der Waals surface area contributed by atoms with Gasteiger partial charge in [-0.25, -0.2) is 13.8 Å². The molecule has 0 atom stereocenters. The van der Waals surface area contributed by atoms with Crippen LogP contribution in [0.25, 0.3) is 0 Å². The first-order chi connectivity index (χ1) is 11.9. The van der Waals surface area contributed by atoms with Gasteiger partial charge in [0, 0.05) is 5.69 Å². The average molecular weight is 453 g/mol. The zero-order chi connectivity index (χ0) is 18.0. The number of hydrogen-bond acceptors (Lipinski definition) is 4. The van der Waals surface area contributed by atoms with Crippen LogP contribution in [0.3, 0.4) is 0 Å². The van der Waals surface area contributed by atoms with Crippen LogP contribution in [0.4, 0.5) is 20.2 Å². The van der Waals surface area contributed by atoms with Crippen molar-refractivity contribution in [3.05, 3.63) is 69.4 Å². The summed E-state index contributed by atoms with van der Waals surface area (Å²) < 4.78 is 26.2. The zero-order valence-corrected chi connectivity index (χ0v) is 14.7. The monoisotopic (exact) mass is 453 g/mol. The Labute approximate surface area is 155 Å². The Bertz CT molecular complexity index is 906. The fraction of sp³-hybridized carbons (Fsp3) is 0. The van der Waals surface area contributed by atoms with E-state index in [4.69, 9.17) is 0 Å². The molecule has 3 rings (SSSR count). The van der Waals surface area contributed by atoms with Gasteiger partial charge in [-0.15, -0.1) is 0 Å². The second kappa shape index (κ2) is 7.09. The van der Waals surface area contributed by atoms with Crippen molar-refractivity contribution < 1.29 is 18.4 Å². The first-order valence-corrected chi connectivity index (χ1v) is 8.14. The zero-order valence-electron chi connectivity index (χ0n) is 12.5. The number of rotatable bonds is 3. The van der Waals surface area contributed by atoms with E-state index < -0.39 is 23.3 Å². The Hall–Kier alpha value is -2.62. The number of Topliss-reactive ketones (excluding diaryl/α,β-unsaturated/α-hetero) is 1. The summed E-state index contributed by atoms with van der Waals surface area (Å²) in [6.45, 7) is 0. The van der Waals surface area contributed by atoms with Crippen molar-refractivity contribution in [3.63, 3.8) is 0 Å². The minimum absolute atomic E-state index is 0.116. The fourth-order valence-corrected chi connectivity index (χ4v) is 2.70. The molecule has 0 radical (unpaired) electrons. The second-order valence-electron chi connectivity index (χ2n) is 5.04. The number of ketones is 1. The Morgan fingerprint density at radius 2 is 1.48 bits per heavy atom. The van der Waals surface area contributed by atoms with Crippen LogP contribution >= 0.6 is 22.6 Å². The maximum atomic E-state index is 13.0. The molecule has 2 N–H and O–H groups in total. The van der Waals surface area contributed by atoms with Crippen molar-refractivity contribution in [1.82, 2.24) is 5.32 Å². The van der Waals surface area contributed by atoms with Crippen LogP contribution in [-0.2, 0) is 9.59 Å². The van der Waals surface area contributed by atoms with E-state index in [1.807, 2.05) is 0 Å². The van der Waals surface area contributed by atoms with Crippen LogP contribution in [0.15, 0.2) is 62.8 Å². The number of aliphatic imine (C=N–C) groups is 1. The summed E-state index contributed by atoms with van der Waals surface area (Å²) in [4.78, 5) is 28.0. The number of nitrogens with one attached hydrogen (secondary N) is 2. The maximum Gasteiger partial charge on any atom is 0.298 e. The lowest BCUT2D eigenvalue weighted by Crippen LogP contribution is -2.44. The lowest BCUT2D eigenvalue weighted by molar-refractivity contribution is -0.134. The highest BCUT2D eigenvalue weighted by Crippen LogP contribution is 2.24. The molecule has 1 amide bonds. The number of carbonyl (C=O) groups excluding carboxylic acids is 2. The van der Waals surface area contributed by atoms with E-state index in [9.17, 15) is 18.4 Å². The third-order valence-corrected chi connectivity index (χ3v) is 4.30. The summed E-state index contributed by atoms with van der Waals surface area (Å²) in [6, 6.07) is 10.8. The first-order valence-electron chi connectivity index (χ1n) is 7.07. The van der Waals surface area contributed by atoms with Crippen LogP contribution in [-0.4, -0.2) is 17.5 Å². The van der Waals surface area contributed by atoms with Crippen molar-refractivity contribution in [2.75, 3.05) is 5.32 Å². The van der Waals surface area contributed by atoms with Gasteiger partial charge < -0.3 is 10.6 Å². The molecule has 5 nitrogen and oxygen atoms in total. The van der Waals surface area contributed by atoms with Crippen molar-refractivity contribution in [2.24, 2.45) is 4.99 Å². The summed E-state index contributed by atoms with van der Waals surface area (Å²) in [5.74, 6) is -2.22. The highest BCUT2D eigenvalue weighted by Gasteiger charge is 2.30. The molecular weight excluding hydrogens is 443 g/mol. The molecular formula is C17H10F2IN3O2. The molecule has 0 bridgehead atoms. The van der Waals surface area contributed by atoms with E-state index in [1.54, 1.807) is 22.6 Å². The smallest absolute Gasteiger partial charge is 0.298 e. The number of amidine groups is 1. The van der Waals surface area contributed by atoms with Gasteiger partial charge in [0.1, 0.15) is 11.6 Å². The Morgan fingerprint density at radius 3 is 2.08 bits per heavy atom. The van der Waals surface area contributed by atoms with Crippen molar-refractivity contribution >= 4 is 51.5 Å². The normalized spacial score (nSPS) is 16.2. The third-order valence-electron chi connectivity index (χ3n) is 3.27. The second-order valence-corrected chi connectivity index (χ2v) is 6.12. The average Bonchev–Trinajstić information content (AvgIpc) is 2.60. The molecule has 1 aliphatic rings. The van der Waals surface area contributed by atoms with E-state index in [0.29, 0.717) is 11.4 Å². The number of benzene rings is 2. The molecule has 8 heteroatoms. The summed E-state index contributed by atoms with van der Waals surface area (Å²) in [5, 5.41) is 5.37. The van der Waals surface area contributed by atoms with Gasteiger partial charge in [-0.05, 0) is 71.1 Å². The van der Waals surface area contributed by atoms with E-state index in [0.717, 1.165) is 0 Å². The third kappa shape index (κ3) is 3.90. The van der Waals surface area contributed by atoms with Crippen molar-refractivity contribution in [1.29, 1.82) is 0 Å². The maximum absolute atomic E-state index is 13.0. The Morgan fingerprint density at radius 1 is 0.920 bits per heavy atom. The quantitative estimate of drug-likeness (QED) is 0.553. The lowest BCUT2D eigenvalue weighted by Gasteiger charge is -2.20. The van der Waals surface area contributed by atoms with Gasteiger partial charge in [0.2, 0.25) is 0 Å². The fourth-order valence-electron chi connectivity index (χ4n) is 2.06. The topological polar surface area (TPSA) is 70.6 Å². The van der Waals surface area contributed by atoms with Gasteiger partial charge in [-0.2, -0.15) is 0 Å². The molecule has 0 spiro atoms. The number of amides is 1. The minimum atomic E-state index is -0.810.